The summed E-state index contributed by atoms with van der Waals surface area (Å²) in [7, 11) is 1.86. The zero-order valence-corrected chi connectivity index (χ0v) is 44.5. The molecule has 0 radical (unpaired) electrons. The summed E-state index contributed by atoms with van der Waals surface area (Å²) < 4.78 is 0. The van der Waals surface area contributed by atoms with Crippen molar-refractivity contribution in [3.05, 3.63) is 0 Å². The van der Waals surface area contributed by atoms with Gasteiger partial charge in [0.15, 0.2) is 0 Å². The van der Waals surface area contributed by atoms with E-state index in [9.17, 15) is 67.7 Å². The van der Waals surface area contributed by atoms with Crippen LogP contribution in [-0.2, 0) is 62.3 Å². The number of aliphatic carboxylic acids is 2. The Morgan fingerprint density at radius 1 is 0.773 bits per heavy atom. The molecule has 0 aromatic carbocycles. The van der Waals surface area contributed by atoms with Gasteiger partial charge in [-0.1, -0.05) is 49.3 Å². The summed E-state index contributed by atoms with van der Waals surface area (Å²) in [4.78, 5) is 169. The summed E-state index contributed by atoms with van der Waals surface area (Å²) in [6.45, 7) is 7.34. The average Bonchev–Trinajstić information content (AvgIpc) is 3.82. The van der Waals surface area contributed by atoms with Crippen molar-refractivity contribution < 1.29 is 77.6 Å². The van der Waals surface area contributed by atoms with Crippen molar-refractivity contribution >= 4 is 98.5 Å². The molecule has 0 aromatic rings. The van der Waals surface area contributed by atoms with Gasteiger partial charge in [-0.05, 0) is 63.8 Å². The number of nitrogens with two attached hydrogens (primary N) is 3. The van der Waals surface area contributed by atoms with Crippen molar-refractivity contribution in [1.82, 2.24) is 52.8 Å². The smallest absolute Gasteiger partial charge is 0.326 e. The van der Waals surface area contributed by atoms with E-state index >= 15 is 0 Å². The van der Waals surface area contributed by atoms with E-state index in [1.807, 2.05) is 0 Å². The lowest BCUT2D eigenvalue weighted by Crippen LogP contribution is -2.60. The van der Waals surface area contributed by atoms with Crippen molar-refractivity contribution in [1.29, 1.82) is 0 Å². The molecule has 9 atom stereocenters. The fourth-order valence-corrected chi connectivity index (χ4v) is 9.41. The van der Waals surface area contributed by atoms with Crippen LogP contribution < -0.4 is 65.1 Å². The van der Waals surface area contributed by atoms with E-state index in [-0.39, 0.29) is 49.8 Å². The number of unbranched alkanes of at least 4 members (excludes halogenated alkanes) is 1. The highest BCUT2D eigenvalue weighted by atomic mass is 33.1. The molecule has 1 unspecified atom stereocenters. The second-order valence-corrected chi connectivity index (χ2v) is 20.9. The molecular weight excluding hydrogens is 1030 g/mol. The largest absolute Gasteiger partial charge is 0.481 e. The lowest BCUT2D eigenvalue weighted by Gasteiger charge is -2.30. The highest BCUT2D eigenvalue weighted by Crippen LogP contribution is 2.26. The SMILES string of the molecule is CC(=O)O.CC(C)C[C@H](NC(=O)[C@H](CCCCN)NC(=O)[C@H](C)NC(=O)[C@@H](N)CO)C(=O)N[C@H]1CSSC[C@@H](C(=O)N[C@H](C(=O)O)C(C)C)NC(=O)[C@H](CC(N)=O)NC(=O)CNC(=O)CNC(=O)C2CCCN2C1=O. The van der Waals surface area contributed by atoms with Gasteiger partial charge >= 0.3 is 5.97 Å². The number of primary amides is 1. The number of rotatable bonds is 21. The Kier molecular flexibility index (Phi) is 30.5. The zero-order valence-electron chi connectivity index (χ0n) is 42.9. The quantitative estimate of drug-likeness (QED) is 0.0376. The molecule has 11 amide bonds. The number of carboxylic acids is 2. The topological polar surface area (TPSA) is 472 Å². The van der Waals surface area contributed by atoms with E-state index in [0.29, 0.717) is 19.3 Å². The van der Waals surface area contributed by atoms with Crippen molar-refractivity contribution in [3.8, 4) is 0 Å². The fraction of sp³-hybridized carbons (Fsp3) is 0.705. The van der Waals surface area contributed by atoms with Gasteiger partial charge in [0.25, 0.3) is 5.97 Å². The minimum absolute atomic E-state index is 0.0353. The number of nitrogens with one attached hydrogen (secondary N) is 9. The molecular formula is C44H75N13O16S2. The maximum atomic E-state index is 14.5. The van der Waals surface area contributed by atoms with Crippen molar-refractivity contribution in [2.75, 3.05) is 44.3 Å². The molecule has 0 spiro atoms. The van der Waals surface area contributed by atoms with Gasteiger partial charge in [-0.15, -0.1) is 0 Å². The first kappa shape index (κ1) is 66.7. The van der Waals surface area contributed by atoms with E-state index < -0.39 is 163 Å². The molecule has 18 N–H and O–H groups in total. The average molecular weight is 1110 g/mol. The lowest BCUT2D eigenvalue weighted by molar-refractivity contribution is -0.143. The van der Waals surface area contributed by atoms with Gasteiger partial charge < -0.3 is 85.3 Å². The molecule has 2 aliphatic rings. The van der Waals surface area contributed by atoms with Crippen molar-refractivity contribution in [2.45, 2.75) is 141 Å². The molecule has 2 saturated heterocycles. The van der Waals surface area contributed by atoms with Crippen molar-refractivity contribution in [2.24, 2.45) is 29.0 Å². The molecule has 75 heavy (non-hydrogen) atoms. The fourth-order valence-electron chi connectivity index (χ4n) is 7.09. The first-order valence-corrected chi connectivity index (χ1v) is 26.6. The van der Waals surface area contributed by atoms with Crippen LogP contribution in [0.3, 0.4) is 0 Å². The maximum absolute atomic E-state index is 14.5. The highest BCUT2D eigenvalue weighted by Gasteiger charge is 2.40. The van der Waals surface area contributed by atoms with E-state index in [1.54, 1.807) is 13.8 Å². The van der Waals surface area contributed by atoms with Gasteiger partial charge in [-0.2, -0.15) is 0 Å². The number of carbonyl (C=O) groups is 13. The number of nitrogens with zero attached hydrogens (tertiary/aromatic N) is 1. The normalized spacial score (nSPS) is 21.1. The zero-order chi connectivity index (χ0) is 57.1. The number of aliphatic hydroxyl groups is 1. The van der Waals surface area contributed by atoms with Crippen LogP contribution in [0.1, 0.15) is 86.5 Å². The van der Waals surface area contributed by atoms with Gasteiger partial charge in [0, 0.05) is 25.0 Å². The molecule has 2 heterocycles. The second kappa shape index (κ2) is 34.3. The van der Waals surface area contributed by atoms with Crippen LogP contribution in [0.15, 0.2) is 0 Å². The second-order valence-electron chi connectivity index (χ2n) is 18.3. The minimum atomic E-state index is -1.66. The van der Waals surface area contributed by atoms with Gasteiger partial charge in [0.05, 0.1) is 26.1 Å². The Hall–Kier alpha value is -6.31. The molecule has 2 fully saturated rings. The Morgan fingerprint density at radius 3 is 1.96 bits per heavy atom. The lowest BCUT2D eigenvalue weighted by atomic mass is 10.0. The van der Waals surface area contributed by atoms with Gasteiger partial charge in [-0.3, -0.25) is 57.5 Å². The first-order chi connectivity index (χ1) is 35.1. The summed E-state index contributed by atoms with van der Waals surface area (Å²) in [6, 6.07) is -12.1. The third kappa shape index (κ3) is 25.2. The highest BCUT2D eigenvalue weighted by molar-refractivity contribution is 8.76. The van der Waals surface area contributed by atoms with Gasteiger partial charge in [0.2, 0.25) is 65.0 Å². The number of aliphatic hydroxyl groups excluding tert-OH is 1. The first-order valence-electron chi connectivity index (χ1n) is 24.1. The number of hydrogen-bond donors (Lipinski definition) is 15. The maximum Gasteiger partial charge on any atom is 0.326 e. The number of carbonyl (C=O) groups excluding carboxylic acids is 11. The number of amides is 11. The predicted molar refractivity (Wildman–Crippen MR) is 272 cm³/mol. The molecule has 0 saturated carbocycles. The molecule has 31 heteroatoms. The third-order valence-corrected chi connectivity index (χ3v) is 13.4. The summed E-state index contributed by atoms with van der Waals surface area (Å²) in [6.07, 6.45) is 0.748. The van der Waals surface area contributed by atoms with Crippen LogP contribution in [0.4, 0.5) is 0 Å². The summed E-state index contributed by atoms with van der Waals surface area (Å²) >= 11 is 0. The van der Waals surface area contributed by atoms with Crippen LogP contribution in [0.2, 0.25) is 0 Å². The minimum Gasteiger partial charge on any atom is -0.481 e. The molecule has 29 nitrogen and oxygen atoms in total. The molecule has 2 aliphatic heterocycles. The Morgan fingerprint density at radius 2 is 1.39 bits per heavy atom. The van der Waals surface area contributed by atoms with Crippen LogP contribution in [0, 0.1) is 11.8 Å². The van der Waals surface area contributed by atoms with Crippen LogP contribution in [-0.4, -0.2) is 196 Å². The summed E-state index contributed by atoms with van der Waals surface area (Å²) in [5.74, 6) is -13.1. The van der Waals surface area contributed by atoms with Crippen LogP contribution >= 0.6 is 21.6 Å². The Bertz CT molecular complexity index is 2030. The Labute approximate surface area is 441 Å². The van der Waals surface area contributed by atoms with Crippen LogP contribution in [0.5, 0.6) is 0 Å². The molecule has 0 aliphatic carbocycles. The molecule has 0 bridgehead atoms. The number of fused-ring (bicyclic) bond motifs is 1. The number of carboxylic acid groups (broad SMARTS) is 2. The van der Waals surface area contributed by atoms with E-state index in [0.717, 1.165) is 28.5 Å². The summed E-state index contributed by atoms with van der Waals surface area (Å²) in [5.41, 5.74) is 16.6. The van der Waals surface area contributed by atoms with E-state index in [2.05, 4.69) is 47.9 Å². The van der Waals surface area contributed by atoms with Gasteiger partial charge in [-0.25, -0.2) is 4.79 Å². The predicted octanol–water partition coefficient (Wildman–Crippen LogP) is -5.78. The summed E-state index contributed by atoms with van der Waals surface area (Å²) in [5, 5.41) is 48.5. The van der Waals surface area contributed by atoms with E-state index in [4.69, 9.17) is 27.1 Å². The molecule has 0 aromatic heterocycles. The monoisotopic (exact) mass is 1110 g/mol. The third-order valence-electron chi connectivity index (χ3n) is 11.0. The van der Waals surface area contributed by atoms with Crippen LogP contribution in [0.25, 0.3) is 0 Å². The van der Waals surface area contributed by atoms with Crippen molar-refractivity contribution in [3.63, 3.8) is 0 Å². The van der Waals surface area contributed by atoms with E-state index in [1.165, 1.54) is 25.7 Å². The Balaban J connectivity index is 0.00000677. The standard InChI is InChI=1S/C42H71N13O14S2.C2H4O2/c1-20(2)13-25(51-36(62)24(9-6-7-11-43)50-34(60)22(5)48-35(61)23(44)17-56)37(63)53-28-19-71-70-18-27(39(65)54-33(21(3)4)42(68)69)52-38(64)26(14-30(45)57)49-32(59)16-46-31(58)15-47-40(66)29-10-8-12-55(29)41(28)67;1-2(3)4/h20-29,33,56H,6-19,43-44H2,1-5H3,(H2,45,57)(H,46,58)(H,47,66)(H,48,61)(H,49,59)(H,50,60)(H,51,62)(H,52,64)(H,53,63)(H,54,65)(H,68,69);1H3,(H,3,4)/t22-,23-,24-,25-,26-,27-,28-,29?,33-;/m0./s1. The number of hydrogen-bond acceptors (Lipinski definition) is 18. The van der Waals surface area contributed by atoms with Gasteiger partial charge in [0.1, 0.15) is 54.4 Å². The molecule has 2 rings (SSSR count). The molecule has 424 valence electrons.